The molecule has 4 bridgehead atoms. The summed E-state index contributed by atoms with van der Waals surface area (Å²) in [5, 5.41) is 9.53. The molecule has 4 saturated carbocycles. The van der Waals surface area contributed by atoms with Crippen LogP contribution in [0.25, 0.3) is 0 Å². The molecule has 1 unspecified atom stereocenters. The summed E-state index contributed by atoms with van der Waals surface area (Å²) in [6.07, 6.45) is 6.53. The van der Waals surface area contributed by atoms with Crippen LogP contribution in [0.1, 0.15) is 45.4 Å². The van der Waals surface area contributed by atoms with Gasteiger partial charge in [-0.15, -0.1) is 0 Å². The highest BCUT2D eigenvalue weighted by atomic mass is 16.3. The lowest BCUT2D eigenvalue weighted by Crippen LogP contribution is -2.52. The molecular weight excluding hydrogens is 188 g/mol. The predicted octanol–water partition coefficient (Wildman–Crippen LogP) is 2.15. The van der Waals surface area contributed by atoms with Gasteiger partial charge in [0.05, 0.1) is 0 Å². The largest absolute Gasteiger partial charge is 0.386 e. The van der Waals surface area contributed by atoms with Crippen molar-refractivity contribution in [2.75, 3.05) is 0 Å². The topological polar surface area (TPSA) is 37.3 Å². The van der Waals surface area contributed by atoms with Crippen molar-refractivity contribution in [2.24, 2.45) is 23.2 Å². The van der Waals surface area contributed by atoms with E-state index in [4.69, 9.17) is 0 Å². The number of carbonyl (C=O) groups is 1. The average molecular weight is 208 g/mol. The predicted molar refractivity (Wildman–Crippen MR) is 57.3 cm³/mol. The summed E-state index contributed by atoms with van der Waals surface area (Å²) in [5.41, 5.74) is -0.108. The van der Waals surface area contributed by atoms with E-state index in [9.17, 15) is 9.90 Å². The van der Waals surface area contributed by atoms with E-state index in [1.54, 1.807) is 6.92 Å². The van der Waals surface area contributed by atoms with Crippen LogP contribution in [0.3, 0.4) is 0 Å². The van der Waals surface area contributed by atoms with Crippen LogP contribution < -0.4 is 0 Å². The molecule has 1 atom stereocenters. The Hall–Kier alpha value is -0.370. The minimum atomic E-state index is -0.749. The molecule has 4 aliphatic carbocycles. The van der Waals surface area contributed by atoms with Gasteiger partial charge < -0.3 is 5.11 Å². The first-order valence-electron chi connectivity index (χ1n) is 6.31. The molecule has 2 heteroatoms. The molecule has 0 aromatic heterocycles. The molecule has 0 aromatic carbocycles. The van der Waals surface area contributed by atoms with Crippen molar-refractivity contribution in [1.29, 1.82) is 0 Å². The SMILES string of the molecule is CC(O)C(=O)C12CC3CC(CC(C3)C1)C2. The molecule has 0 amide bonds. The zero-order chi connectivity index (χ0) is 10.6. The fourth-order valence-corrected chi connectivity index (χ4v) is 4.86. The Labute approximate surface area is 91.1 Å². The third kappa shape index (κ3) is 1.37. The molecule has 0 aromatic rings. The van der Waals surface area contributed by atoms with Crippen LogP contribution >= 0.6 is 0 Å². The maximum atomic E-state index is 12.1. The number of aliphatic hydroxyl groups is 1. The van der Waals surface area contributed by atoms with Crippen molar-refractivity contribution in [1.82, 2.24) is 0 Å². The first kappa shape index (κ1) is 9.83. The lowest BCUT2D eigenvalue weighted by atomic mass is 9.48. The standard InChI is InChI=1S/C13H20O2/c1-8(14)12(15)13-5-9-2-10(6-13)4-11(3-9)7-13/h8-11,14H,2-7H2,1H3. The van der Waals surface area contributed by atoms with Gasteiger partial charge in [0.15, 0.2) is 5.78 Å². The van der Waals surface area contributed by atoms with Crippen molar-refractivity contribution in [2.45, 2.75) is 51.6 Å². The van der Waals surface area contributed by atoms with Gasteiger partial charge >= 0.3 is 0 Å². The summed E-state index contributed by atoms with van der Waals surface area (Å²) >= 11 is 0. The van der Waals surface area contributed by atoms with Crippen molar-refractivity contribution in [3.8, 4) is 0 Å². The van der Waals surface area contributed by atoms with Crippen LogP contribution in [0.4, 0.5) is 0 Å². The molecule has 2 nitrogen and oxygen atoms in total. The summed E-state index contributed by atoms with van der Waals surface area (Å²) in [4.78, 5) is 12.1. The van der Waals surface area contributed by atoms with E-state index in [2.05, 4.69) is 0 Å². The average Bonchev–Trinajstić information content (AvgIpc) is 2.14. The summed E-state index contributed by atoms with van der Waals surface area (Å²) in [7, 11) is 0. The van der Waals surface area contributed by atoms with Gasteiger partial charge in [-0.25, -0.2) is 0 Å². The van der Waals surface area contributed by atoms with Gasteiger partial charge in [0, 0.05) is 5.41 Å². The zero-order valence-electron chi connectivity index (χ0n) is 9.41. The van der Waals surface area contributed by atoms with Crippen LogP contribution in [-0.4, -0.2) is 17.0 Å². The molecule has 0 spiro atoms. The second-order valence-corrected chi connectivity index (χ2v) is 6.24. The Morgan fingerprint density at radius 2 is 1.53 bits per heavy atom. The fraction of sp³-hybridized carbons (Fsp3) is 0.923. The van der Waals surface area contributed by atoms with E-state index in [-0.39, 0.29) is 11.2 Å². The van der Waals surface area contributed by atoms with Gasteiger partial charge in [-0.1, -0.05) is 0 Å². The molecular formula is C13H20O2. The van der Waals surface area contributed by atoms with E-state index >= 15 is 0 Å². The number of aliphatic hydroxyl groups excluding tert-OH is 1. The minimum absolute atomic E-state index is 0.108. The Balaban J connectivity index is 1.90. The van der Waals surface area contributed by atoms with Crippen LogP contribution in [0.5, 0.6) is 0 Å². The molecule has 1 N–H and O–H groups in total. The van der Waals surface area contributed by atoms with Crippen molar-refractivity contribution in [3.05, 3.63) is 0 Å². The monoisotopic (exact) mass is 208 g/mol. The molecule has 4 aliphatic rings. The summed E-state index contributed by atoms with van der Waals surface area (Å²) < 4.78 is 0. The van der Waals surface area contributed by atoms with Crippen LogP contribution in [0, 0.1) is 23.2 Å². The van der Waals surface area contributed by atoms with Gasteiger partial charge in [0.2, 0.25) is 0 Å². The highest BCUT2D eigenvalue weighted by molar-refractivity contribution is 5.88. The lowest BCUT2D eigenvalue weighted by molar-refractivity contribution is -0.151. The number of hydrogen-bond donors (Lipinski definition) is 1. The lowest BCUT2D eigenvalue weighted by Gasteiger charge is -2.56. The first-order chi connectivity index (χ1) is 7.09. The molecule has 0 heterocycles. The summed E-state index contributed by atoms with van der Waals surface area (Å²) in [6.45, 7) is 1.64. The van der Waals surface area contributed by atoms with Gasteiger partial charge in [-0.05, 0) is 63.2 Å². The van der Waals surface area contributed by atoms with E-state index in [1.807, 2.05) is 0 Å². The zero-order valence-corrected chi connectivity index (χ0v) is 9.41. The molecule has 0 saturated heterocycles. The van der Waals surface area contributed by atoms with Gasteiger partial charge in [-0.2, -0.15) is 0 Å². The molecule has 4 rings (SSSR count). The van der Waals surface area contributed by atoms with Crippen molar-refractivity contribution < 1.29 is 9.90 Å². The third-order valence-electron chi connectivity index (χ3n) is 4.94. The maximum Gasteiger partial charge on any atom is 0.167 e. The third-order valence-corrected chi connectivity index (χ3v) is 4.94. The van der Waals surface area contributed by atoms with Gasteiger partial charge in [0.1, 0.15) is 6.10 Å². The summed E-state index contributed by atoms with van der Waals surface area (Å²) in [6, 6.07) is 0. The Kier molecular flexibility index (Phi) is 2.01. The van der Waals surface area contributed by atoms with E-state index in [0.29, 0.717) is 0 Å². The number of Topliss-reactive ketones (excluding diaryl/α,β-unsaturated/α-hetero) is 1. The number of hydrogen-bond acceptors (Lipinski definition) is 2. The maximum absolute atomic E-state index is 12.1. The van der Waals surface area contributed by atoms with Gasteiger partial charge in [0.25, 0.3) is 0 Å². The number of ketones is 1. The minimum Gasteiger partial charge on any atom is -0.386 e. The molecule has 84 valence electrons. The second kappa shape index (κ2) is 3.07. The Morgan fingerprint density at radius 1 is 1.13 bits per heavy atom. The number of rotatable bonds is 2. The smallest absolute Gasteiger partial charge is 0.167 e. The second-order valence-electron chi connectivity index (χ2n) is 6.24. The van der Waals surface area contributed by atoms with E-state index in [1.165, 1.54) is 19.3 Å². The highest BCUT2D eigenvalue weighted by Crippen LogP contribution is 2.60. The summed E-state index contributed by atoms with van der Waals surface area (Å²) in [5.74, 6) is 2.51. The van der Waals surface area contributed by atoms with Crippen LogP contribution in [0.15, 0.2) is 0 Å². The van der Waals surface area contributed by atoms with Crippen molar-refractivity contribution in [3.63, 3.8) is 0 Å². The number of carbonyl (C=O) groups excluding carboxylic acids is 1. The van der Waals surface area contributed by atoms with Crippen LogP contribution in [-0.2, 0) is 4.79 Å². The quantitative estimate of drug-likeness (QED) is 0.755. The van der Waals surface area contributed by atoms with E-state index < -0.39 is 6.10 Å². The fourth-order valence-electron chi connectivity index (χ4n) is 4.86. The molecule has 0 aliphatic heterocycles. The first-order valence-corrected chi connectivity index (χ1v) is 6.31. The highest BCUT2D eigenvalue weighted by Gasteiger charge is 2.54. The molecule has 4 fully saturated rings. The van der Waals surface area contributed by atoms with Crippen molar-refractivity contribution >= 4 is 5.78 Å². The Morgan fingerprint density at radius 3 is 1.87 bits per heavy atom. The molecule has 15 heavy (non-hydrogen) atoms. The van der Waals surface area contributed by atoms with Gasteiger partial charge in [-0.3, -0.25) is 4.79 Å². The van der Waals surface area contributed by atoms with Crippen LogP contribution in [0.2, 0.25) is 0 Å². The normalized spacial score (nSPS) is 49.3. The Bertz CT molecular complexity index is 258. The van der Waals surface area contributed by atoms with E-state index in [0.717, 1.165) is 37.0 Å². The molecule has 0 radical (unpaired) electrons.